The predicted octanol–water partition coefficient (Wildman–Crippen LogP) is 9.54. The molecule has 1 fully saturated rings. The van der Waals surface area contributed by atoms with Gasteiger partial charge in [0.1, 0.15) is 17.7 Å². The Labute approximate surface area is 240 Å². The van der Waals surface area contributed by atoms with E-state index >= 15 is 0 Å². The number of rotatable bonds is 6. The number of alkyl halides is 6. The van der Waals surface area contributed by atoms with Crippen molar-refractivity contribution in [1.82, 2.24) is 4.90 Å². The minimum absolute atomic E-state index is 0.0396. The third-order valence-corrected chi connectivity index (χ3v) is 8.13. The van der Waals surface area contributed by atoms with Crippen LogP contribution in [0.2, 0.25) is 0 Å². The number of allylic oxidation sites excluding steroid dienone is 1. The number of amides is 1. The van der Waals surface area contributed by atoms with Crippen molar-refractivity contribution in [1.29, 1.82) is 0 Å². The molecular weight excluding hydrogens is 567 g/mol. The van der Waals surface area contributed by atoms with E-state index in [4.69, 9.17) is 9.47 Å². The Kier molecular flexibility index (Phi) is 8.39. The molecule has 2 aromatic carbocycles. The van der Waals surface area contributed by atoms with Gasteiger partial charge in [0.25, 0.3) is 0 Å². The number of halogens is 7. The second kappa shape index (κ2) is 11.1. The van der Waals surface area contributed by atoms with Crippen LogP contribution >= 0.6 is 0 Å². The first-order valence-corrected chi connectivity index (χ1v) is 13.7. The van der Waals surface area contributed by atoms with E-state index in [1.165, 1.54) is 25.0 Å². The second-order valence-electron chi connectivity index (χ2n) is 12.2. The highest BCUT2D eigenvalue weighted by Gasteiger charge is 2.44. The van der Waals surface area contributed by atoms with Gasteiger partial charge in [-0.2, -0.15) is 26.3 Å². The first kappa shape index (κ1) is 31.7. The van der Waals surface area contributed by atoms with Gasteiger partial charge in [0, 0.05) is 18.2 Å². The van der Waals surface area contributed by atoms with Crippen molar-refractivity contribution in [3.8, 4) is 5.75 Å². The van der Waals surface area contributed by atoms with Crippen LogP contribution in [0.15, 0.2) is 35.9 Å². The van der Waals surface area contributed by atoms with Crippen molar-refractivity contribution < 1.29 is 45.0 Å². The maximum atomic E-state index is 14.8. The lowest BCUT2D eigenvalue weighted by molar-refractivity contribution is -0.143. The summed E-state index contributed by atoms with van der Waals surface area (Å²) in [6.07, 6.45) is -10.3. The molecule has 1 aliphatic heterocycles. The summed E-state index contributed by atoms with van der Waals surface area (Å²) in [7, 11) is 1.44. The van der Waals surface area contributed by atoms with Crippen molar-refractivity contribution in [2.75, 3.05) is 13.7 Å². The van der Waals surface area contributed by atoms with Gasteiger partial charge in [-0.25, -0.2) is 9.18 Å². The third-order valence-electron chi connectivity index (χ3n) is 8.13. The number of ether oxygens (including phenoxy) is 2. The maximum Gasteiger partial charge on any atom is 0.416 e. The van der Waals surface area contributed by atoms with E-state index in [0.29, 0.717) is 41.9 Å². The van der Waals surface area contributed by atoms with Crippen LogP contribution in [0.3, 0.4) is 0 Å². The SMILES string of the molecule is COc1cc(F)c(C(C)C)cc1C1=C(CN2C(=O)O[C@@H](c3cc(C(F)(F)F)cc(C(F)(F)F)c3)[C@H]2C)CC(C)(C)CC1. The largest absolute Gasteiger partial charge is 0.496 e. The molecule has 1 saturated heterocycles. The molecule has 2 aliphatic rings. The molecule has 1 amide bonds. The Morgan fingerprint density at radius 1 is 1.02 bits per heavy atom. The molecule has 4 rings (SSSR count). The van der Waals surface area contributed by atoms with Crippen LogP contribution in [0.5, 0.6) is 5.75 Å². The van der Waals surface area contributed by atoms with Crippen molar-refractivity contribution in [2.45, 2.75) is 84.3 Å². The van der Waals surface area contributed by atoms with E-state index in [1.54, 1.807) is 6.07 Å². The molecule has 0 radical (unpaired) electrons. The lowest BCUT2D eigenvalue weighted by atomic mass is 9.72. The van der Waals surface area contributed by atoms with Crippen LogP contribution in [0.1, 0.15) is 93.7 Å². The van der Waals surface area contributed by atoms with Gasteiger partial charge in [-0.15, -0.1) is 0 Å². The zero-order valence-electron chi connectivity index (χ0n) is 24.3. The molecule has 1 aliphatic carbocycles. The molecule has 0 bridgehead atoms. The molecule has 0 aromatic heterocycles. The third kappa shape index (κ3) is 6.39. The molecule has 230 valence electrons. The van der Waals surface area contributed by atoms with Crippen molar-refractivity contribution >= 4 is 11.7 Å². The lowest BCUT2D eigenvalue weighted by Gasteiger charge is -2.36. The van der Waals surface area contributed by atoms with E-state index in [-0.39, 0.29) is 29.5 Å². The number of hydrogen-bond donors (Lipinski definition) is 0. The monoisotopic (exact) mass is 601 g/mol. The van der Waals surface area contributed by atoms with Crippen LogP contribution in [-0.4, -0.2) is 30.7 Å². The Morgan fingerprint density at radius 3 is 2.14 bits per heavy atom. The Bertz CT molecular complexity index is 1360. The predicted molar refractivity (Wildman–Crippen MR) is 143 cm³/mol. The summed E-state index contributed by atoms with van der Waals surface area (Å²) >= 11 is 0. The number of hydrogen-bond acceptors (Lipinski definition) is 3. The van der Waals surface area contributed by atoms with Gasteiger partial charge < -0.3 is 9.47 Å². The van der Waals surface area contributed by atoms with Gasteiger partial charge in [-0.1, -0.05) is 27.7 Å². The van der Waals surface area contributed by atoms with E-state index in [9.17, 15) is 35.5 Å². The van der Waals surface area contributed by atoms with Crippen LogP contribution in [0.25, 0.3) is 5.57 Å². The number of nitrogens with zero attached hydrogens (tertiary/aromatic N) is 1. The molecule has 2 aromatic rings. The first-order chi connectivity index (χ1) is 19.3. The van der Waals surface area contributed by atoms with Gasteiger partial charge in [0.2, 0.25) is 0 Å². The van der Waals surface area contributed by atoms with E-state index in [1.807, 2.05) is 13.8 Å². The number of cyclic esters (lactones) is 1. The van der Waals surface area contributed by atoms with E-state index in [0.717, 1.165) is 17.6 Å². The molecule has 11 heteroatoms. The molecule has 0 N–H and O–H groups in total. The zero-order valence-corrected chi connectivity index (χ0v) is 24.3. The summed E-state index contributed by atoms with van der Waals surface area (Å²) in [5.74, 6) is -0.174. The highest BCUT2D eigenvalue weighted by Crippen LogP contribution is 2.47. The topological polar surface area (TPSA) is 38.8 Å². The summed E-state index contributed by atoms with van der Waals surface area (Å²) in [4.78, 5) is 14.4. The fourth-order valence-corrected chi connectivity index (χ4v) is 5.82. The molecule has 1 heterocycles. The van der Waals surface area contributed by atoms with Crippen LogP contribution in [-0.2, 0) is 17.1 Å². The fraction of sp³-hybridized carbons (Fsp3) is 0.516. The molecule has 0 saturated carbocycles. The quantitative estimate of drug-likeness (QED) is 0.310. The summed E-state index contributed by atoms with van der Waals surface area (Å²) in [6, 6.07) is 3.45. The number of carbonyl (C=O) groups excluding carboxylic acids is 1. The van der Waals surface area contributed by atoms with Crippen molar-refractivity contribution in [2.24, 2.45) is 5.41 Å². The summed E-state index contributed by atoms with van der Waals surface area (Å²) in [5.41, 5.74) is -0.582. The molecule has 2 atom stereocenters. The number of carbonyl (C=O) groups is 1. The van der Waals surface area contributed by atoms with Gasteiger partial charge in [-0.05, 0) is 84.1 Å². The standard InChI is InChI=1S/C31H34F7NO3/c1-16(2)23-12-24(26(41-6)13-25(23)32)22-7-8-29(4,5)14-19(22)15-39-17(3)27(42-28(39)40)18-9-20(30(33,34)35)11-21(10-18)31(36,37)38/h9-13,16-17,27H,7-8,14-15H2,1-6H3/t17-,27-/m1/s1. The van der Waals surface area contributed by atoms with Gasteiger partial charge in [-0.3, -0.25) is 4.90 Å². The maximum absolute atomic E-state index is 14.8. The summed E-state index contributed by atoms with van der Waals surface area (Å²) in [6.45, 7) is 9.45. The minimum atomic E-state index is -5.03. The first-order valence-electron chi connectivity index (χ1n) is 13.7. The summed E-state index contributed by atoms with van der Waals surface area (Å²) in [5, 5.41) is 0. The van der Waals surface area contributed by atoms with E-state index < -0.39 is 47.5 Å². The average Bonchev–Trinajstić information content (AvgIpc) is 3.15. The highest BCUT2D eigenvalue weighted by molar-refractivity contribution is 5.77. The summed E-state index contributed by atoms with van der Waals surface area (Å²) < 4.78 is 107. The Balaban J connectivity index is 1.76. The van der Waals surface area contributed by atoms with Crippen molar-refractivity contribution in [3.63, 3.8) is 0 Å². The van der Waals surface area contributed by atoms with E-state index in [2.05, 4.69) is 13.8 Å². The average molecular weight is 602 g/mol. The molecule has 0 spiro atoms. The molecular formula is C31H34F7NO3. The second-order valence-corrected chi connectivity index (χ2v) is 12.2. The normalized spacial score (nSPS) is 21.3. The number of benzene rings is 2. The highest BCUT2D eigenvalue weighted by atomic mass is 19.4. The smallest absolute Gasteiger partial charge is 0.416 e. The fourth-order valence-electron chi connectivity index (χ4n) is 5.82. The Morgan fingerprint density at radius 2 is 1.62 bits per heavy atom. The minimum Gasteiger partial charge on any atom is -0.496 e. The van der Waals surface area contributed by atoms with Crippen LogP contribution < -0.4 is 4.74 Å². The van der Waals surface area contributed by atoms with Crippen molar-refractivity contribution in [3.05, 3.63) is 69.5 Å². The van der Waals surface area contributed by atoms with Crippen LogP contribution in [0.4, 0.5) is 35.5 Å². The van der Waals surface area contributed by atoms with Gasteiger partial charge in [0.15, 0.2) is 0 Å². The molecule has 42 heavy (non-hydrogen) atoms. The lowest BCUT2D eigenvalue weighted by Crippen LogP contribution is -2.35. The van der Waals surface area contributed by atoms with Gasteiger partial charge in [0.05, 0.1) is 24.3 Å². The molecule has 0 unspecified atom stereocenters. The number of methoxy groups -OCH3 is 1. The molecule has 4 nitrogen and oxygen atoms in total. The zero-order chi connectivity index (χ0) is 31.4. The van der Waals surface area contributed by atoms with Crippen LogP contribution in [0, 0.1) is 11.2 Å². The Hall–Kier alpha value is -3.24. The van der Waals surface area contributed by atoms with Gasteiger partial charge >= 0.3 is 18.4 Å².